The number of benzene rings is 1. The summed E-state index contributed by atoms with van der Waals surface area (Å²) in [6, 6.07) is 10.6. The highest BCUT2D eigenvalue weighted by molar-refractivity contribution is 7.71. The monoisotopic (exact) mass is 457 g/mol. The first-order valence-electron chi connectivity index (χ1n) is 8.90. The fourth-order valence-corrected chi connectivity index (χ4v) is 3.99. The van der Waals surface area contributed by atoms with Crippen LogP contribution in [-0.2, 0) is 13.0 Å². The van der Waals surface area contributed by atoms with Crippen LogP contribution in [0.25, 0.3) is 11.3 Å². The van der Waals surface area contributed by atoms with Gasteiger partial charge in [-0.05, 0) is 36.5 Å². The molecule has 4 aromatic rings. The van der Waals surface area contributed by atoms with Crippen molar-refractivity contribution in [2.45, 2.75) is 13.0 Å². The van der Waals surface area contributed by atoms with Crippen LogP contribution < -0.4 is 5.32 Å². The number of nitrogens with zero attached hydrogens (tertiary/aromatic N) is 3. The maximum Gasteiger partial charge on any atom is 0.293 e. The molecule has 0 unspecified atom stereocenters. The Hall–Kier alpha value is -3.01. The molecular weight excluding hydrogens is 442 g/mol. The Morgan fingerprint density at radius 2 is 2.20 bits per heavy atom. The summed E-state index contributed by atoms with van der Waals surface area (Å²) in [7, 11) is 0. The molecule has 3 heterocycles. The van der Waals surface area contributed by atoms with Gasteiger partial charge < -0.3 is 4.42 Å². The van der Waals surface area contributed by atoms with Crippen molar-refractivity contribution in [3.8, 4) is 11.3 Å². The average Bonchev–Trinajstić information content (AvgIpc) is 3.46. The number of furan rings is 1. The topological polar surface area (TPSA) is 88.7 Å². The lowest BCUT2D eigenvalue weighted by atomic mass is 10.2. The number of nitrogens with one attached hydrogen (secondary N) is 2. The van der Waals surface area contributed by atoms with Crippen LogP contribution in [0.1, 0.15) is 22.1 Å². The molecule has 0 radical (unpaired) electrons. The Bertz CT molecular complexity index is 1270. The molecule has 4 rings (SSSR count). The van der Waals surface area contributed by atoms with E-state index in [4.69, 9.17) is 28.2 Å². The average molecular weight is 458 g/mol. The lowest BCUT2D eigenvalue weighted by Gasteiger charge is -2.02. The highest BCUT2D eigenvalue weighted by atomic mass is 35.5. The zero-order chi connectivity index (χ0) is 21.1. The third-order valence-corrected chi connectivity index (χ3v) is 5.68. The molecule has 0 saturated heterocycles. The molecule has 0 aliphatic heterocycles. The predicted molar refractivity (Wildman–Crippen MR) is 120 cm³/mol. The van der Waals surface area contributed by atoms with Crippen LogP contribution in [0.3, 0.4) is 0 Å². The lowest BCUT2D eigenvalue weighted by molar-refractivity contribution is 0.0997. The van der Waals surface area contributed by atoms with Crippen LogP contribution >= 0.6 is 35.2 Å². The number of amides is 1. The quantitative estimate of drug-likeness (QED) is 0.289. The van der Waals surface area contributed by atoms with E-state index >= 15 is 0 Å². The summed E-state index contributed by atoms with van der Waals surface area (Å²) in [5.74, 6) is 1.06. The molecule has 0 atom stereocenters. The zero-order valence-electron chi connectivity index (χ0n) is 15.6. The second-order valence-corrected chi connectivity index (χ2v) is 7.91. The molecule has 1 aromatic carbocycles. The summed E-state index contributed by atoms with van der Waals surface area (Å²) in [5.41, 5.74) is 1.49. The number of hydrogen-bond acceptors (Lipinski definition) is 6. The van der Waals surface area contributed by atoms with Crippen LogP contribution in [0.15, 0.2) is 58.9 Å². The first-order valence-corrected chi connectivity index (χ1v) is 10.6. The van der Waals surface area contributed by atoms with Crippen molar-refractivity contribution in [2.24, 2.45) is 0 Å². The molecule has 0 aliphatic carbocycles. The minimum atomic E-state index is -0.386. The van der Waals surface area contributed by atoms with Crippen LogP contribution in [0, 0.1) is 4.77 Å². The van der Waals surface area contributed by atoms with Gasteiger partial charge in [0, 0.05) is 17.5 Å². The van der Waals surface area contributed by atoms with Crippen LogP contribution in [0.5, 0.6) is 0 Å². The molecule has 2 N–H and O–H groups in total. The maximum absolute atomic E-state index is 12.5. The summed E-state index contributed by atoms with van der Waals surface area (Å²) in [6.45, 7) is 4.29. The molecule has 3 aromatic heterocycles. The van der Waals surface area contributed by atoms with Crippen LogP contribution in [0.4, 0.5) is 5.13 Å². The Labute approximate surface area is 186 Å². The van der Waals surface area contributed by atoms with Gasteiger partial charge in [-0.25, -0.2) is 4.98 Å². The van der Waals surface area contributed by atoms with Crippen LogP contribution in [0.2, 0.25) is 5.02 Å². The van der Waals surface area contributed by atoms with Crippen molar-refractivity contribution in [3.63, 3.8) is 0 Å². The van der Waals surface area contributed by atoms with Gasteiger partial charge in [0.05, 0.1) is 17.1 Å². The third-order valence-electron chi connectivity index (χ3n) is 4.23. The molecule has 10 heteroatoms. The van der Waals surface area contributed by atoms with E-state index in [1.165, 1.54) is 11.3 Å². The van der Waals surface area contributed by atoms with Gasteiger partial charge in [-0.1, -0.05) is 29.8 Å². The first-order chi connectivity index (χ1) is 14.5. The number of rotatable bonds is 7. The fraction of sp³-hybridized carbons (Fsp3) is 0.100. The highest BCUT2D eigenvalue weighted by Crippen LogP contribution is 2.29. The fourth-order valence-electron chi connectivity index (χ4n) is 2.83. The number of hydrogen-bond donors (Lipinski definition) is 2. The number of anilines is 1. The van der Waals surface area contributed by atoms with E-state index in [2.05, 4.69) is 27.1 Å². The van der Waals surface area contributed by atoms with Gasteiger partial charge in [-0.15, -0.1) is 17.9 Å². The summed E-state index contributed by atoms with van der Waals surface area (Å²) in [4.78, 5) is 17.0. The molecule has 152 valence electrons. The van der Waals surface area contributed by atoms with E-state index in [1.807, 2.05) is 28.1 Å². The second kappa shape index (κ2) is 8.78. The number of aromatic nitrogens is 4. The van der Waals surface area contributed by atoms with Gasteiger partial charge in [-0.3, -0.25) is 19.8 Å². The number of carbonyl (C=O) groups is 1. The van der Waals surface area contributed by atoms with Gasteiger partial charge in [0.2, 0.25) is 0 Å². The minimum Gasteiger partial charge on any atom is -0.451 e. The minimum absolute atomic E-state index is 0.175. The molecule has 0 bridgehead atoms. The lowest BCUT2D eigenvalue weighted by Crippen LogP contribution is -2.10. The Balaban J connectivity index is 1.45. The normalized spacial score (nSPS) is 10.8. The molecule has 30 heavy (non-hydrogen) atoms. The van der Waals surface area contributed by atoms with E-state index in [0.717, 1.165) is 17.1 Å². The largest absolute Gasteiger partial charge is 0.451 e. The summed E-state index contributed by atoms with van der Waals surface area (Å²) >= 11 is 12.7. The maximum atomic E-state index is 12.5. The third kappa shape index (κ3) is 4.28. The second-order valence-electron chi connectivity index (χ2n) is 6.26. The molecule has 0 saturated carbocycles. The van der Waals surface area contributed by atoms with Crippen molar-refractivity contribution in [1.82, 2.24) is 19.7 Å². The summed E-state index contributed by atoms with van der Waals surface area (Å²) < 4.78 is 8.05. The van der Waals surface area contributed by atoms with Gasteiger partial charge in [-0.2, -0.15) is 5.10 Å². The molecule has 0 spiro atoms. The molecule has 7 nitrogen and oxygen atoms in total. The number of carbonyl (C=O) groups excluding carboxylic acids is 1. The first kappa shape index (κ1) is 20.3. The summed E-state index contributed by atoms with van der Waals surface area (Å²) in [6.07, 6.45) is 2.23. The molecule has 0 aliphatic rings. The number of halogens is 1. The van der Waals surface area contributed by atoms with Crippen molar-refractivity contribution >= 4 is 46.2 Å². The van der Waals surface area contributed by atoms with Gasteiger partial charge in [0.1, 0.15) is 11.6 Å². The Morgan fingerprint density at radius 1 is 1.37 bits per heavy atom. The number of aromatic amines is 1. The number of allylic oxidation sites excluding steroid dienone is 1. The van der Waals surface area contributed by atoms with Crippen molar-refractivity contribution < 1.29 is 9.21 Å². The SMILES string of the molecule is C=CCn1c(Cc2csc(NC(=O)c3ccc(-c4ccccc4Cl)o3)n2)n[nH]c1=S. The van der Waals surface area contributed by atoms with E-state index in [9.17, 15) is 4.79 Å². The van der Waals surface area contributed by atoms with Crippen molar-refractivity contribution in [3.05, 3.63) is 81.5 Å². The molecule has 1 amide bonds. The van der Waals surface area contributed by atoms with E-state index in [1.54, 1.807) is 24.3 Å². The number of thiazole rings is 1. The summed E-state index contributed by atoms with van der Waals surface area (Å²) in [5, 5.41) is 12.7. The predicted octanol–water partition coefficient (Wildman–Crippen LogP) is 5.34. The van der Waals surface area contributed by atoms with E-state index < -0.39 is 0 Å². The standard InChI is InChI=1S/C20H16ClN5O2S2/c1-2-9-26-17(24-25-20(26)29)10-12-11-30-19(22-12)23-18(27)16-8-7-15(28-16)13-5-3-4-6-14(13)21/h2-8,11H,1,9-10H2,(H,25,29)(H,22,23,27). The number of H-pyrrole nitrogens is 1. The molecule has 0 fully saturated rings. The van der Waals surface area contributed by atoms with Crippen molar-refractivity contribution in [2.75, 3.05) is 5.32 Å². The molecular formula is C20H16ClN5O2S2. The van der Waals surface area contributed by atoms with Crippen molar-refractivity contribution in [1.29, 1.82) is 0 Å². The van der Waals surface area contributed by atoms with Gasteiger partial charge in [0.25, 0.3) is 5.91 Å². The van der Waals surface area contributed by atoms with Gasteiger partial charge in [0.15, 0.2) is 15.7 Å². The van der Waals surface area contributed by atoms with E-state index in [0.29, 0.717) is 33.7 Å². The Morgan fingerprint density at radius 3 is 3.00 bits per heavy atom. The Kier molecular flexibility index (Phi) is 5.93. The smallest absolute Gasteiger partial charge is 0.293 e. The van der Waals surface area contributed by atoms with Gasteiger partial charge >= 0.3 is 0 Å². The highest BCUT2D eigenvalue weighted by Gasteiger charge is 2.16. The zero-order valence-corrected chi connectivity index (χ0v) is 18.0. The van der Waals surface area contributed by atoms with E-state index in [-0.39, 0.29) is 11.7 Å². The van der Waals surface area contributed by atoms with Crippen LogP contribution in [-0.4, -0.2) is 25.7 Å².